The van der Waals surface area contributed by atoms with E-state index in [1.807, 2.05) is 23.2 Å². The van der Waals surface area contributed by atoms with Crippen molar-refractivity contribution in [3.63, 3.8) is 0 Å². The van der Waals surface area contributed by atoms with Gasteiger partial charge in [-0.2, -0.15) is 6.42 Å². The molecule has 0 unspecified atom stereocenters. The second-order valence-electron chi connectivity index (χ2n) is 7.45. The van der Waals surface area contributed by atoms with Crippen molar-refractivity contribution >= 4 is 11.5 Å². The van der Waals surface area contributed by atoms with Crippen LogP contribution in [0.15, 0.2) is 42.6 Å². The van der Waals surface area contributed by atoms with Crippen LogP contribution in [-0.4, -0.2) is 30.6 Å². The van der Waals surface area contributed by atoms with Crippen molar-refractivity contribution in [3.05, 3.63) is 71.3 Å². The summed E-state index contributed by atoms with van der Waals surface area (Å²) < 4.78 is 11.3. The number of hydrogen-bond acceptors (Lipinski definition) is 3. The average Bonchev–Trinajstić information content (AvgIpc) is 3.09. The number of carbonyl (C=O) groups is 1. The first-order valence-corrected chi connectivity index (χ1v) is 9.88. The van der Waals surface area contributed by atoms with Gasteiger partial charge in [-0.1, -0.05) is 48.4 Å². The second-order valence-corrected chi connectivity index (χ2v) is 7.45. The van der Waals surface area contributed by atoms with Gasteiger partial charge in [0, 0.05) is 11.8 Å². The van der Waals surface area contributed by atoms with Crippen LogP contribution in [0.1, 0.15) is 46.8 Å². The van der Waals surface area contributed by atoms with Crippen LogP contribution in [0.25, 0.3) is 5.57 Å². The molecule has 146 valence electrons. The van der Waals surface area contributed by atoms with E-state index in [0.29, 0.717) is 23.7 Å². The summed E-state index contributed by atoms with van der Waals surface area (Å²) in [5.74, 6) is 1.35. The molecule has 4 rings (SSSR count). The van der Waals surface area contributed by atoms with Crippen LogP contribution in [0.3, 0.4) is 0 Å². The van der Waals surface area contributed by atoms with E-state index in [9.17, 15) is 4.79 Å². The molecule has 2 aromatic carbocycles. The Morgan fingerprint density at radius 1 is 1.17 bits per heavy atom. The summed E-state index contributed by atoms with van der Waals surface area (Å²) in [7, 11) is 1.61. The maximum Gasteiger partial charge on any atom is 1.00 e. The van der Waals surface area contributed by atoms with Crippen LogP contribution >= 0.6 is 0 Å². The van der Waals surface area contributed by atoms with E-state index >= 15 is 0 Å². The summed E-state index contributed by atoms with van der Waals surface area (Å²) >= 11 is 0. The molecule has 2 aliphatic rings. The fourth-order valence-corrected chi connectivity index (χ4v) is 3.86. The van der Waals surface area contributed by atoms with E-state index in [1.165, 1.54) is 16.7 Å². The molecule has 0 aliphatic carbocycles. The molecule has 0 aromatic heterocycles. The Bertz CT molecular complexity index is 920. The number of rotatable bonds is 5. The van der Waals surface area contributed by atoms with Gasteiger partial charge >= 0.3 is 29.6 Å². The van der Waals surface area contributed by atoms with Gasteiger partial charge in [-0.3, -0.25) is 4.79 Å². The Balaban J connectivity index is 0.00000240. The molecule has 0 N–H and O–H groups in total. The van der Waals surface area contributed by atoms with E-state index in [-0.39, 0.29) is 41.5 Å². The fourth-order valence-electron chi connectivity index (χ4n) is 3.86. The zero-order valence-corrected chi connectivity index (χ0v) is 19.7. The molecule has 0 saturated carbocycles. The van der Waals surface area contributed by atoms with Crippen LogP contribution in [0, 0.1) is 13.3 Å². The monoisotopic (exact) mass is 399 g/mol. The summed E-state index contributed by atoms with van der Waals surface area (Å²) in [6, 6.07) is 12.4. The Hall–Kier alpha value is -1.75. The number of carbonyl (C=O) groups excluding carboxylic acids is 1. The van der Waals surface area contributed by atoms with Crippen molar-refractivity contribution in [2.24, 2.45) is 0 Å². The normalized spacial score (nSPS) is 17.6. The van der Waals surface area contributed by atoms with Gasteiger partial charge < -0.3 is 20.8 Å². The molecule has 5 heteroatoms. The van der Waals surface area contributed by atoms with Gasteiger partial charge in [-0.15, -0.1) is 0 Å². The minimum Gasteiger partial charge on any atom is -0.493 e. The summed E-state index contributed by atoms with van der Waals surface area (Å²) in [6.45, 7) is 4.78. The predicted octanol–water partition coefficient (Wildman–Crippen LogP) is 1.81. The first kappa shape index (κ1) is 21.9. The van der Waals surface area contributed by atoms with Gasteiger partial charge in [-0.05, 0) is 43.0 Å². The number of nitrogens with zero attached hydrogens (tertiary/aromatic N) is 1. The SMILES string of the molecule is CCCOc1cc2c(cc1OC)C(=O)N1C=C(c3ccc(C)cc3)C[C@H]1[CH-]C2.[Na+]. The van der Waals surface area contributed by atoms with Crippen LogP contribution in [0.5, 0.6) is 11.5 Å². The molecule has 2 aliphatic heterocycles. The molecule has 1 amide bonds. The number of amides is 1. The van der Waals surface area contributed by atoms with E-state index in [2.05, 4.69) is 44.5 Å². The number of benzene rings is 2. The van der Waals surface area contributed by atoms with Crippen LogP contribution in [0.2, 0.25) is 0 Å². The minimum absolute atomic E-state index is 0. The van der Waals surface area contributed by atoms with Crippen molar-refractivity contribution < 1.29 is 43.8 Å². The zero-order chi connectivity index (χ0) is 19.7. The Morgan fingerprint density at radius 2 is 1.93 bits per heavy atom. The fraction of sp³-hybridized carbons (Fsp3) is 0.333. The number of hydrogen-bond donors (Lipinski definition) is 0. The van der Waals surface area contributed by atoms with Gasteiger partial charge in [0.2, 0.25) is 0 Å². The molecule has 1 atom stereocenters. The van der Waals surface area contributed by atoms with Gasteiger partial charge in [0.1, 0.15) is 0 Å². The van der Waals surface area contributed by atoms with Gasteiger partial charge in [0.15, 0.2) is 11.5 Å². The Morgan fingerprint density at radius 3 is 2.62 bits per heavy atom. The summed E-state index contributed by atoms with van der Waals surface area (Å²) in [5, 5.41) is 0. The maximum absolute atomic E-state index is 13.3. The molecule has 0 saturated heterocycles. The van der Waals surface area contributed by atoms with E-state index in [0.717, 1.165) is 24.8 Å². The Labute approximate surface area is 195 Å². The third-order valence-electron chi connectivity index (χ3n) is 5.43. The van der Waals surface area contributed by atoms with Crippen LogP contribution in [0.4, 0.5) is 0 Å². The molecule has 0 fully saturated rings. The smallest absolute Gasteiger partial charge is 0.493 e. The van der Waals surface area contributed by atoms with Crippen molar-refractivity contribution in [1.29, 1.82) is 0 Å². The predicted molar refractivity (Wildman–Crippen MR) is 111 cm³/mol. The van der Waals surface area contributed by atoms with Gasteiger partial charge in [-0.25, -0.2) is 0 Å². The topological polar surface area (TPSA) is 38.8 Å². The van der Waals surface area contributed by atoms with Crippen molar-refractivity contribution in [2.75, 3.05) is 13.7 Å². The molecule has 0 bridgehead atoms. The number of aryl methyl sites for hydroxylation is 1. The quantitative estimate of drug-likeness (QED) is 0.569. The molecular weight excluding hydrogens is 373 g/mol. The first-order chi connectivity index (χ1) is 13.6. The van der Waals surface area contributed by atoms with Gasteiger partial charge in [0.25, 0.3) is 5.91 Å². The maximum atomic E-state index is 13.3. The second kappa shape index (κ2) is 9.38. The molecule has 2 aromatic rings. The summed E-state index contributed by atoms with van der Waals surface area (Å²) in [4.78, 5) is 15.2. The minimum atomic E-state index is 0. The standard InChI is InChI=1S/C24H26NO3.Na/c1-4-11-28-23-13-18-9-10-20-12-19(17-7-5-16(2)6-8-17)15-25(20)24(26)21(18)14-22(23)27-3;/h5-8,10,13-15,20H,4,9,11-12H2,1-3H3;/q-1;+1/t20-;/m1./s1. The van der Waals surface area contributed by atoms with Crippen molar-refractivity contribution in [2.45, 2.75) is 39.2 Å². The summed E-state index contributed by atoms with van der Waals surface area (Å²) in [6.07, 6.45) is 6.76. The molecule has 4 nitrogen and oxygen atoms in total. The van der Waals surface area contributed by atoms with E-state index < -0.39 is 0 Å². The zero-order valence-electron chi connectivity index (χ0n) is 17.7. The number of ether oxygens (including phenoxy) is 2. The van der Waals surface area contributed by atoms with E-state index in [4.69, 9.17) is 9.47 Å². The Kier molecular flexibility index (Phi) is 7.10. The summed E-state index contributed by atoms with van der Waals surface area (Å²) in [5.41, 5.74) is 5.31. The first-order valence-electron chi connectivity index (χ1n) is 9.88. The largest absolute Gasteiger partial charge is 1.00 e. The van der Waals surface area contributed by atoms with Gasteiger partial charge in [0.05, 0.1) is 13.7 Å². The molecule has 0 spiro atoms. The van der Waals surface area contributed by atoms with E-state index in [1.54, 1.807) is 7.11 Å². The third kappa shape index (κ3) is 4.40. The van der Waals surface area contributed by atoms with Crippen LogP contribution < -0.4 is 39.0 Å². The van der Waals surface area contributed by atoms with Crippen molar-refractivity contribution in [1.82, 2.24) is 4.90 Å². The van der Waals surface area contributed by atoms with Crippen molar-refractivity contribution in [3.8, 4) is 11.5 Å². The molecular formula is C24H26NNaO3. The number of methoxy groups -OCH3 is 1. The average molecular weight is 399 g/mol. The molecule has 0 radical (unpaired) electrons. The van der Waals surface area contributed by atoms with Crippen LogP contribution in [-0.2, 0) is 6.42 Å². The molecule has 29 heavy (non-hydrogen) atoms. The third-order valence-corrected chi connectivity index (χ3v) is 5.43. The number of fused-ring (bicyclic) bond motifs is 2. The molecule has 2 heterocycles.